The van der Waals surface area contributed by atoms with Gasteiger partial charge in [-0.25, -0.2) is 0 Å². The lowest BCUT2D eigenvalue weighted by molar-refractivity contribution is -0.130. The molecule has 1 aliphatic rings. The fourth-order valence-corrected chi connectivity index (χ4v) is 2.81. The van der Waals surface area contributed by atoms with Crippen LogP contribution in [0.4, 0.5) is 0 Å². The van der Waals surface area contributed by atoms with Crippen LogP contribution in [-0.4, -0.2) is 23.9 Å². The van der Waals surface area contributed by atoms with E-state index in [-0.39, 0.29) is 18.2 Å². The third-order valence-corrected chi connectivity index (χ3v) is 4.00. The van der Waals surface area contributed by atoms with E-state index in [0.29, 0.717) is 0 Å². The molecule has 3 nitrogen and oxygen atoms in total. The summed E-state index contributed by atoms with van der Waals surface area (Å²) in [6.45, 7) is 1.68. The first-order valence-corrected chi connectivity index (χ1v) is 6.93. The van der Waals surface area contributed by atoms with Crippen molar-refractivity contribution in [2.45, 2.75) is 25.2 Å². The highest BCUT2D eigenvalue weighted by atomic mass is 79.9. The van der Waals surface area contributed by atoms with Crippen LogP contribution in [0, 0.1) is 11.3 Å². The van der Waals surface area contributed by atoms with Crippen molar-refractivity contribution in [2.24, 2.45) is 0 Å². The first-order chi connectivity index (χ1) is 8.72. The van der Waals surface area contributed by atoms with Crippen LogP contribution in [0.3, 0.4) is 0 Å². The fraction of sp³-hybridized carbons (Fsp3) is 0.429. The molecule has 1 aromatic rings. The van der Waals surface area contributed by atoms with Gasteiger partial charge in [0.05, 0.1) is 12.0 Å². The predicted molar refractivity (Wildman–Crippen MR) is 72.9 cm³/mol. The molecule has 4 heteroatoms. The molecule has 0 saturated carbocycles. The lowest BCUT2D eigenvalue weighted by Crippen LogP contribution is -2.28. The molecular formula is C14H15BrN2O. The minimum Gasteiger partial charge on any atom is -0.343 e. The highest BCUT2D eigenvalue weighted by molar-refractivity contribution is 9.10. The number of halogens is 1. The Morgan fingerprint density at radius 1 is 1.39 bits per heavy atom. The number of hydrogen-bond donors (Lipinski definition) is 0. The van der Waals surface area contributed by atoms with Gasteiger partial charge in [-0.15, -0.1) is 0 Å². The summed E-state index contributed by atoms with van der Waals surface area (Å²) in [5.74, 6) is -0.275. The number of hydrogen-bond acceptors (Lipinski definition) is 2. The fourth-order valence-electron chi connectivity index (χ4n) is 2.25. The zero-order valence-electron chi connectivity index (χ0n) is 10.1. The molecule has 1 fully saturated rings. The summed E-state index contributed by atoms with van der Waals surface area (Å²) in [6, 6.07) is 9.84. The van der Waals surface area contributed by atoms with E-state index in [1.54, 1.807) is 0 Å². The Morgan fingerprint density at radius 3 is 2.67 bits per heavy atom. The van der Waals surface area contributed by atoms with Gasteiger partial charge in [0.25, 0.3) is 0 Å². The predicted octanol–water partition coefficient (Wildman–Crippen LogP) is 3.07. The molecule has 0 aromatic heterocycles. The van der Waals surface area contributed by atoms with Gasteiger partial charge in [0.2, 0.25) is 5.91 Å². The molecule has 1 saturated heterocycles. The molecule has 2 rings (SSSR count). The third kappa shape index (κ3) is 2.91. The quantitative estimate of drug-likeness (QED) is 0.861. The van der Waals surface area contributed by atoms with Crippen molar-refractivity contribution in [3.05, 3.63) is 34.3 Å². The summed E-state index contributed by atoms with van der Waals surface area (Å²) >= 11 is 3.44. The van der Waals surface area contributed by atoms with E-state index in [0.717, 1.165) is 36.0 Å². The monoisotopic (exact) mass is 306 g/mol. The summed E-state index contributed by atoms with van der Waals surface area (Å²) < 4.78 is 0.894. The van der Waals surface area contributed by atoms with Gasteiger partial charge in [-0.1, -0.05) is 34.1 Å². The summed E-state index contributed by atoms with van der Waals surface area (Å²) in [4.78, 5) is 13.9. The summed E-state index contributed by atoms with van der Waals surface area (Å²) in [5.41, 5.74) is 0.896. The summed E-state index contributed by atoms with van der Waals surface area (Å²) in [6.07, 6.45) is 2.44. The number of carbonyl (C=O) groups excluding carboxylic acids is 1. The largest absolute Gasteiger partial charge is 0.343 e. The Kier molecular flexibility index (Phi) is 4.38. The van der Waals surface area contributed by atoms with E-state index in [9.17, 15) is 10.1 Å². The number of carbonyl (C=O) groups is 1. The standard InChI is InChI=1S/C14H15BrN2O/c15-13-6-2-1-5-12(13)11(10-16)9-14(18)17-7-3-4-8-17/h1-2,5-6,11H,3-4,7-9H2. The number of nitrogens with zero attached hydrogens (tertiary/aromatic N) is 2. The second kappa shape index (κ2) is 6.01. The molecule has 0 aliphatic carbocycles. The Hall–Kier alpha value is -1.34. The number of nitriles is 1. The lowest BCUT2D eigenvalue weighted by Gasteiger charge is -2.18. The van der Waals surface area contributed by atoms with Crippen molar-refractivity contribution in [1.29, 1.82) is 5.26 Å². The van der Waals surface area contributed by atoms with Crippen molar-refractivity contribution < 1.29 is 4.79 Å². The van der Waals surface area contributed by atoms with E-state index < -0.39 is 0 Å². The number of rotatable bonds is 3. The Bertz CT molecular complexity index is 475. The van der Waals surface area contributed by atoms with E-state index in [1.807, 2.05) is 29.2 Å². The minimum atomic E-state index is -0.367. The van der Waals surface area contributed by atoms with E-state index >= 15 is 0 Å². The minimum absolute atomic E-state index is 0.0924. The molecule has 0 bridgehead atoms. The smallest absolute Gasteiger partial charge is 0.224 e. The van der Waals surface area contributed by atoms with Crippen LogP contribution in [0.2, 0.25) is 0 Å². The molecule has 1 atom stereocenters. The van der Waals surface area contributed by atoms with Gasteiger partial charge in [-0.3, -0.25) is 4.79 Å². The summed E-state index contributed by atoms with van der Waals surface area (Å²) in [7, 11) is 0. The van der Waals surface area contributed by atoms with Gasteiger partial charge >= 0.3 is 0 Å². The maximum Gasteiger partial charge on any atom is 0.224 e. The second-order valence-corrected chi connectivity index (χ2v) is 5.35. The van der Waals surface area contributed by atoms with Gasteiger partial charge in [0, 0.05) is 24.0 Å². The normalized spacial score (nSPS) is 16.3. The molecule has 1 aromatic carbocycles. The Labute approximate surface area is 116 Å². The number of likely N-dealkylation sites (tertiary alicyclic amines) is 1. The summed E-state index contributed by atoms with van der Waals surface area (Å²) in [5, 5.41) is 9.25. The zero-order valence-corrected chi connectivity index (χ0v) is 11.7. The van der Waals surface area contributed by atoms with Crippen LogP contribution in [0.5, 0.6) is 0 Å². The molecule has 18 heavy (non-hydrogen) atoms. The zero-order chi connectivity index (χ0) is 13.0. The Morgan fingerprint density at radius 2 is 2.06 bits per heavy atom. The van der Waals surface area contributed by atoms with Crippen molar-refractivity contribution >= 4 is 21.8 Å². The average molecular weight is 307 g/mol. The molecule has 1 aliphatic heterocycles. The maximum atomic E-state index is 12.1. The van der Waals surface area contributed by atoms with Crippen LogP contribution in [0.25, 0.3) is 0 Å². The molecule has 0 N–H and O–H groups in total. The van der Waals surface area contributed by atoms with Gasteiger partial charge in [0.1, 0.15) is 0 Å². The number of benzene rings is 1. The van der Waals surface area contributed by atoms with Gasteiger partial charge in [0.15, 0.2) is 0 Å². The lowest BCUT2D eigenvalue weighted by atomic mass is 9.97. The first-order valence-electron chi connectivity index (χ1n) is 6.14. The van der Waals surface area contributed by atoms with Gasteiger partial charge in [-0.05, 0) is 24.5 Å². The van der Waals surface area contributed by atoms with E-state index in [4.69, 9.17) is 0 Å². The van der Waals surface area contributed by atoms with E-state index in [2.05, 4.69) is 22.0 Å². The molecule has 1 heterocycles. The third-order valence-electron chi connectivity index (χ3n) is 3.27. The van der Waals surface area contributed by atoms with Crippen LogP contribution < -0.4 is 0 Å². The van der Waals surface area contributed by atoms with Crippen LogP contribution in [0.15, 0.2) is 28.7 Å². The van der Waals surface area contributed by atoms with Gasteiger partial charge < -0.3 is 4.90 Å². The van der Waals surface area contributed by atoms with E-state index in [1.165, 1.54) is 0 Å². The Balaban J connectivity index is 2.08. The topological polar surface area (TPSA) is 44.1 Å². The highest BCUT2D eigenvalue weighted by Gasteiger charge is 2.23. The van der Waals surface area contributed by atoms with Crippen molar-refractivity contribution in [3.63, 3.8) is 0 Å². The molecule has 94 valence electrons. The average Bonchev–Trinajstić information content (AvgIpc) is 2.90. The number of amides is 1. The maximum absolute atomic E-state index is 12.1. The van der Waals surface area contributed by atoms with Crippen molar-refractivity contribution in [3.8, 4) is 6.07 Å². The molecule has 1 amide bonds. The SMILES string of the molecule is N#CC(CC(=O)N1CCCC1)c1ccccc1Br. The first kappa shape index (κ1) is 13.1. The van der Waals surface area contributed by atoms with Crippen molar-refractivity contribution in [2.75, 3.05) is 13.1 Å². The van der Waals surface area contributed by atoms with Gasteiger partial charge in [-0.2, -0.15) is 5.26 Å². The van der Waals surface area contributed by atoms with Crippen molar-refractivity contribution in [1.82, 2.24) is 4.90 Å². The van der Waals surface area contributed by atoms with Crippen LogP contribution >= 0.6 is 15.9 Å². The molecule has 0 radical (unpaired) electrons. The molecular weight excluding hydrogens is 292 g/mol. The van der Waals surface area contributed by atoms with Crippen LogP contribution in [0.1, 0.15) is 30.7 Å². The highest BCUT2D eigenvalue weighted by Crippen LogP contribution is 2.27. The molecule has 0 spiro atoms. The van der Waals surface area contributed by atoms with Crippen LogP contribution in [-0.2, 0) is 4.79 Å². The second-order valence-electron chi connectivity index (χ2n) is 4.50. The molecule has 1 unspecified atom stereocenters.